The van der Waals surface area contributed by atoms with E-state index in [1.165, 1.54) is 6.07 Å². The van der Waals surface area contributed by atoms with Crippen LogP contribution in [-0.2, 0) is 6.54 Å². The van der Waals surface area contributed by atoms with Gasteiger partial charge < -0.3 is 9.67 Å². The van der Waals surface area contributed by atoms with Crippen LogP contribution in [0.4, 0.5) is 4.39 Å². The summed E-state index contributed by atoms with van der Waals surface area (Å²) in [4.78, 5) is 11.4. The normalized spacial score (nSPS) is 11.0. The van der Waals surface area contributed by atoms with E-state index < -0.39 is 5.97 Å². The summed E-state index contributed by atoms with van der Waals surface area (Å²) in [7, 11) is 0. The number of carboxylic acids is 1. The molecule has 0 aliphatic carbocycles. The van der Waals surface area contributed by atoms with Crippen LogP contribution >= 0.6 is 15.9 Å². The fraction of sp³-hybridized carbons (Fsp3) is 0.0625. The minimum Gasteiger partial charge on any atom is -0.477 e. The van der Waals surface area contributed by atoms with Crippen LogP contribution < -0.4 is 0 Å². The van der Waals surface area contributed by atoms with Crippen molar-refractivity contribution < 1.29 is 14.3 Å². The molecule has 5 heteroatoms. The van der Waals surface area contributed by atoms with Gasteiger partial charge >= 0.3 is 5.97 Å². The highest BCUT2D eigenvalue weighted by atomic mass is 79.9. The van der Waals surface area contributed by atoms with E-state index in [9.17, 15) is 14.3 Å². The third-order valence-electron chi connectivity index (χ3n) is 3.37. The quantitative estimate of drug-likeness (QED) is 0.767. The molecule has 1 aromatic heterocycles. The molecular formula is C16H11BrFNO2. The van der Waals surface area contributed by atoms with Crippen LogP contribution in [0.1, 0.15) is 16.1 Å². The molecule has 0 bridgehead atoms. The lowest BCUT2D eigenvalue weighted by Crippen LogP contribution is -2.10. The zero-order valence-corrected chi connectivity index (χ0v) is 12.5. The molecule has 1 N–H and O–H groups in total. The molecule has 0 amide bonds. The summed E-state index contributed by atoms with van der Waals surface area (Å²) in [5, 5.41) is 10.2. The highest BCUT2D eigenvalue weighted by Gasteiger charge is 2.15. The molecule has 3 rings (SSSR count). The molecule has 0 aliphatic rings. The number of para-hydroxylation sites is 1. The molecule has 106 valence electrons. The first-order valence-electron chi connectivity index (χ1n) is 6.32. The molecule has 0 aliphatic heterocycles. The Kier molecular flexibility index (Phi) is 3.51. The molecule has 0 spiro atoms. The number of carbonyl (C=O) groups is 1. The van der Waals surface area contributed by atoms with Gasteiger partial charge in [0.05, 0.1) is 6.54 Å². The van der Waals surface area contributed by atoms with Crippen molar-refractivity contribution in [2.45, 2.75) is 6.54 Å². The SMILES string of the molecule is O=C(O)c1cc2ccccc2n1Cc1cc(Br)ccc1F. The third-order valence-corrected chi connectivity index (χ3v) is 3.86. The summed E-state index contributed by atoms with van der Waals surface area (Å²) in [6, 6.07) is 13.6. The molecule has 1 heterocycles. The van der Waals surface area contributed by atoms with E-state index in [2.05, 4.69) is 15.9 Å². The maximum Gasteiger partial charge on any atom is 0.352 e. The van der Waals surface area contributed by atoms with Crippen molar-refractivity contribution in [3.05, 3.63) is 70.1 Å². The topological polar surface area (TPSA) is 42.2 Å². The van der Waals surface area contributed by atoms with E-state index in [0.717, 1.165) is 15.4 Å². The number of aromatic carboxylic acids is 1. The fourth-order valence-corrected chi connectivity index (χ4v) is 2.80. The Morgan fingerprint density at radius 3 is 2.71 bits per heavy atom. The average molecular weight is 348 g/mol. The Balaban J connectivity index is 2.17. The first-order valence-corrected chi connectivity index (χ1v) is 7.11. The van der Waals surface area contributed by atoms with Gasteiger partial charge in [0.2, 0.25) is 0 Å². The lowest BCUT2D eigenvalue weighted by molar-refractivity contribution is 0.0686. The molecule has 0 radical (unpaired) electrons. The molecule has 21 heavy (non-hydrogen) atoms. The number of fused-ring (bicyclic) bond motifs is 1. The molecule has 0 unspecified atom stereocenters. The minimum absolute atomic E-state index is 0.149. The average Bonchev–Trinajstić information content (AvgIpc) is 2.82. The van der Waals surface area contributed by atoms with Gasteiger partial charge in [0.15, 0.2) is 0 Å². The van der Waals surface area contributed by atoms with Gasteiger partial charge in [-0.3, -0.25) is 0 Å². The summed E-state index contributed by atoms with van der Waals surface area (Å²) >= 11 is 3.31. The molecule has 0 fully saturated rings. The Hall–Kier alpha value is -2.14. The predicted octanol–water partition coefficient (Wildman–Crippen LogP) is 4.29. The van der Waals surface area contributed by atoms with Crippen molar-refractivity contribution in [2.24, 2.45) is 0 Å². The van der Waals surface area contributed by atoms with Crippen molar-refractivity contribution in [3.8, 4) is 0 Å². The molecular weight excluding hydrogens is 337 g/mol. The number of hydrogen-bond acceptors (Lipinski definition) is 1. The number of carboxylic acid groups (broad SMARTS) is 1. The summed E-state index contributed by atoms with van der Waals surface area (Å²) in [6.45, 7) is 0.167. The Labute approximate surface area is 128 Å². The first-order chi connectivity index (χ1) is 10.1. The van der Waals surface area contributed by atoms with Crippen molar-refractivity contribution in [3.63, 3.8) is 0 Å². The molecule has 0 atom stereocenters. The summed E-state index contributed by atoms with van der Waals surface area (Å²) in [5.41, 5.74) is 1.36. The number of hydrogen-bond donors (Lipinski definition) is 1. The van der Waals surface area contributed by atoms with Gasteiger partial charge in [0.1, 0.15) is 11.5 Å². The number of aromatic nitrogens is 1. The monoisotopic (exact) mass is 347 g/mol. The molecule has 3 aromatic rings. The summed E-state index contributed by atoms with van der Waals surface area (Å²) in [5.74, 6) is -1.38. The van der Waals surface area contributed by atoms with Crippen LogP contribution in [0, 0.1) is 5.82 Å². The van der Waals surface area contributed by atoms with Gasteiger partial charge in [-0.05, 0) is 30.3 Å². The molecule has 0 saturated carbocycles. The van der Waals surface area contributed by atoms with E-state index in [1.807, 2.05) is 24.3 Å². The van der Waals surface area contributed by atoms with Crippen LogP contribution in [0.15, 0.2) is 53.0 Å². The minimum atomic E-state index is -1.03. The Bertz CT molecular complexity index is 841. The molecule has 2 aromatic carbocycles. The number of halogens is 2. The standard InChI is InChI=1S/C16H11BrFNO2/c17-12-5-6-13(18)11(7-12)9-19-14-4-2-1-3-10(14)8-15(19)16(20)21/h1-8H,9H2,(H,20,21). The van der Waals surface area contributed by atoms with Gasteiger partial charge in [0.25, 0.3) is 0 Å². The zero-order chi connectivity index (χ0) is 15.0. The van der Waals surface area contributed by atoms with E-state index >= 15 is 0 Å². The number of benzene rings is 2. The van der Waals surface area contributed by atoms with Gasteiger partial charge in [-0.2, -0.15) is 0 Å². The Morgan fingerprint density at radius 2 is 1.95 bits per heavy atom. The second-order valence-corrected chi connectivity index (χ2v) is 5.63. The van der Waals surface area contributed by atoms with E-state index in [4.69, 9.17) is 0 Å². The van der Waals surface area contributed by atoms with Gasteiger partial charge in [-0.15, -0.1) is 0 Å². The smallest absolute Gasteiger partial charge is 0.352 e. The fourth-order valence-electron chi connectivity index (χ4n) is 2.39. The lowest BCUT2D eigenvalue weighted by Gasteiger charge is -2.10. The first kappa shape index (κ1) is 13.8. The second kappa shape index (κ2) is 5.33. The van der Waals surface area contributed by atoms with Crippen molar-refractivity contribution in [1.82, 2.24) is 4.57 Å². The van der Waals surface area contributed by atoms with E-state index in [-0.39, 0.29) is 18.1 Å². The Morgan fingerprint density at radius 1 is 1.19 bits per heavy atom. The largest absolute Gasteiger partial charge is 0.477 e. The lowest BCUT2D eigenvalue weighted by atomic mass is 10.2. The highest BCUT2D eigenvalue weighted by molar-refractivity contribution is 9.10. The summed E-state index contributed by atoms with van der Waals surface area (Å²) < 4.78 is 16.3. The van der Waals surface area contributed by atoms with E-state index in [0.29, 0.717) is 5.56 Å². The van der Waals surface area contributed by atoms with Gasteiger partial charge in [-0.25, -0.2) is 9.18 Å². The third kappa shape index (κ3) is 2.56. The summed E-state index contributed by atoms with van der Waals surface area (Å²) in [6.07, 6.45) is 0. The van der Waals surface area contributed by atoms with Gasteiger partial charge in [0, 0.05) is 20.9 Å². The predicted molar refractivity (Wildman–Crippen MR) is 82.1 cm³/mol. The van der Waals surface area contributed by atoms with Crippen LogP contribution in [0.2, 0.25) is 0 Å². The highest BCUT2D eigenvalue weighted by Crippen LogP contribution is 2.23. The van der Waals surface area contributed by atoms with Crippen LogP contribution in [-0.4, -0.2) is 15.6 Å². The molecule has 3 nitrogen and oxygen atoms in total. The zero-order valence-electron chi connectivity index (χ0n) is 10.9. The second-order valence-electron chi connectivity index (χ2n) is 4.72. The maximum atomic E-state index is 13.9. The number of rotatable bonds is 3. The van der Waals surface area contributed by atoms with Crippen molar-refractivity contribution >= 4 is 32.8 Å². The number of nitrogens with zero attached hydrogens (tertiary/aromatic N) is 1. The van der Waals surface area contributed by atoms with Crippen LogP contribution in [0.3, 0.4) is 0 Å². The molecule has 0 saturated heterocycles. The maximum absolute atomic E-state index is 13.9. The van der Waals surface area contributed by atoms with Crippen LogP contribution in [0.25, 0.3) is 10.9 Å². The van der Waals surface area contributed by atoms with Crippen molar-refractivity contribution in [2.75, 3.05) is 0 Å². The van der Waals surface area contributed by atoms with Gasteiger partial charge in [-0.1, -0.05) is 34.1 Å². The van der Waals surface area contributed by atoms with E-state index in [1.54, 1.807) is 22.8 Å². The van der Waals surface area contributed by atoms with Crippen LogP contribution in [0.5, 0.6) is 0 Å². The van der Waals surface area contributed by atoms with Crippen molar-refractivity contribution in [1.29, 1.82) is 0 Å².